The molecule has 0 spiro atoms. The lowest BCUT2D eigenvalue weighted by molar-refractivity contribution is -0.120. The molecule has 2 heterocycles. The van der Waals surface area contributed by atoms with Crippen LogP contribution in [0.1, 0.15) is 49.3 Å². The molecule has 7 nitrogen and oxygen atoms in total. The zero-order chi connectivity index (χ0) is 31.0. The molecular formula is C34H47N5O2S2. The smallest absolute Gasteiger partial charge is 0.230 e. The highest BCUT2D eigenvalue weighted by Crippen LogP contribution is 2.19. The van der Waals surface area contributed by atoms with Gasteiger partial charge in [-0.05, 0) is 85.7 Å². The third-order valence-corrected chi connectivity index (χ3v) is 9.42. The highest BCUT2D eigenvalue weighted by molar-refractivity contribution is 8.17. The van der Waals surface area contributed by atoms with E-state index in [1.165, 1.54) is 16.7 Å². The molecule has 0 bridgehead atoms. The Bertz CT molecular complexity index is 1270. The van der Waals surface area contributed by atoms with Crippen molar-refractivity contribution in [3.8, 4) is 0 Å². The van der Waals surface area contributed by atoms with Gasteiger partial charge in [0.2, 0.25) is 11.8 Å². The maximum atomic E-state index is 12.5. The maximum absolute atomic E-state index is 12.5. The lowest BCUT2D eigenvalue weighted by Gasteiger charge is -2.32. The number of carbonyl (C=O) groups is 2. The largest absolute Gasteiger partial charge is 0.401 e. The third kappa shape index (κ3) is 13.4. The molecule has 232 valence electrons. The SMILES string of the molecule is C=C/C=C(\C=C(/C)C/C(N)=C/SCSCC(=O)NC1CCN(Cc2ccc(C)c(C)c2)CC1)NC(=O)CC1=CC=CNC1. The molecule has 2 amide bonds. The number of piperidine rings is 1. The summed E-state index contributed by atoms with van der Waals surface area (Å²) in [5.74, 6) is 0.477. The molecule has 0 aliphatic carbocycles. The van der Waals surface area contributed by atoms with E-state index < -0.39 is 0 Å². The quantitative estimate of drug-likeness (QED) is 0.116. The Morgan fingerprint density at radius 1 is 1.19 bits per heavy atom. The van der Waals surface area contributed by atoms with Crippen LogP contribution in [0, 0.1) is 13.8 Å². The molecular weight excluding hydrogens is 575 g/mol. The summed E-state index contributed by atoms with van der Waals surface area (Å²) in [6, 6.07) is 6.96. The molecule has 3 rings (SSSR count). The van der Waals surface area contributed by atoms with Crippen LogP contribution < -0.4 is 21.7 Å². The van der Waals surface area contributed by atoms with Crippen LogP contribution in [-0.2, 0) is 16.1 Å². The number of dihydropyridines is 1. The van der Waals surface area contributed by atoms with Crippen molar-refractivity contribution < 1.29 is 9.59 Å². The Morgan fingerprint density at radius 3 is 2.67 bits per heavy atom. The summed E-state index contributed by atoms with van der Waals surface area (Å²) >= 11 is 3.20. The molecule has 0 atom stereocenters. The Balaban J connectivity index is 1.30. The average Bonchev–Trinajstić information content (AvgIpc) is 2.96. The summed E-state index contributed by atoms with van der Waals surface area (Å²) in [7, 11) is 0. The van der Waals surface area contributed by atoms with Gasteiger partial charge in [0.1, 0.15) is 0 Å². The Morgan fingerprint density at radius 2 is 1.98 bits per heavy atom. The summed E-state index contributed by atoms with van der Waals surface area (Å²) in [5, 5.41) is 12.0. The number of benzene rings is 1. The molecule has 2 aliphatic heterocycles. The minimum absolute atomic E-state index is 0.0701. The molecule has 1 fully saturated rings. The van der Waals surface area contributed by atoms with Crippen molar-refractivity contribution in [1.29, 1.82) is 0 Å². The van der Waals surface area contributed by atoms with Crippen LogP contribution in [0.25, 0.3) is 0 Å². The number of rotatable bonds is 15. The number of amides is 2. The van der Waals surface area contributed by atoms with Crippen LogP contribution >= 0.6 is 23.5 Å². The van der Waals surface area contributed by atoms with Crippen LogP contribution in [0.4, 0.5) is 0 Å². The number of thioether (sulfide) groups is 2. The van der Waals surface area contributed by atoms with Crippen molar-refractivity contribution in [2.75, 3.05) is 30.5 Å². The molecule has 5 N–H and O–H groups in total. The lowest BCUT2D eigenvalue weighted by Crippen LogP contribution is -2.44. The van der Waals surface area contributed by atoms with Gasteiger partial charge in [0.05, 0.1) is 5.75 Å². The molecule has 1 aromatic rings. The van der Waals surface area contributed by atoms with E-state index in [2.05, 4.69) is 59.5 Å². The van der Waals surface area contributed by atoms with Crippen molar-refractivity contribution in [1.82, 2.24) is 20.9 Å². The number of likely N-dealkylation sites (tertiary alicyclic amines) is 1. The minimum atomic E-state index is -0.0701. The Kier molecular flexibility index (Phi) is 14.8. The Hall–Kier alpha value is -3.14. The maximum Gasteiger partial charge on any atom is 0.230 e. The van der Waals surface area contributed by atoms with E-state index in [1.807, 2.05) is 36.8 Å². The number of nitrogens with one attached hydrogen (secondary N) is 3. The van der Waals surface area contributed by atoms with Gasteiger partial charge in [-0.2, -0.15) is 0 Å². The first-order valence-electron chi connectivity index (χ1n) is 14.8. The number of carbonyl (C=O) groups excluding carboxylic acids is 2. The summed E-state index contributed by atoms with van der Waals surface area (Å²) < 4.78 is 0. The summed E-state index contributed by atoms with van der Waals surface area (Å²) in [5.41, 5.74) is 13.8. The van der Waals surface area contributed by atoms with Gasteiger partial charge in [0.25, 0.3) is 0 Å². The minimum Gasteiger partial charge on any atom is -0.401 e. The lowest BCUT2D eigenvalue weighted by atomic mass is 10.0. The first kappa shape index (κ1) is 34.4. The zero-order valence-electron chi connectivity index (χ0n) is 25.8. The van der Waals surface area contributed by atoms with Crippen molar-refractivity contribution in [3.63, 3.8) is 0 Å². The van der Waals surface area contributed by atoms with E-state index in [0.29, 0.717) is 30.8 Å². The fourth-order valence-electron chi connectivity index (χ4n) is 4.96. The van der Waals surface area contributed by atoms with Gasteiger partial charge in [-0.1, -0.05) is 42.5 Å². The summed E-state index contributed by atoms with van der Waals surface area (Å²) in [6.07, 6.45) is 14.0. The molecule has 2 aliphatic rings. The monoisotopic (exact) mass is 621 g/mol. The normalized spacial score (nSPS) is 16.8. The summed E-state index contributed by atoms with van der Waals surface area (Å²) in [4.78, 5) is 27.4. The molecule has 0 aromatic heterocycles. The number of nitrogens with zero attached hydrogens (tertiary/aromatic N) is 1. The number of hydrogen-bond acceptors (Lipinski definition) is 7. The van der Waals surface area contributed by atoms with Crippen molar-refractivity contribution in [3.05, 3.63) is 106 Å². The van der Waals surface area contributed by atoms with Crippen LogP contribution in [0.15, 0.2) is 89.3 Å². The van der Waals surface area contributed by atoms with Crippen molar-refractivity contribution >= 4 is 35.3 Å². The molecule has 0 saturated carbocycles. The third-order valence-electron chi connectivity index (χ3n) is 7.28. The number of nitrogens with two attached hydrogens (primary N) is 1. The van der Waals surface area contributed by atoms with E-state index in [4.69, 9.17) is 5.73 Å². The predicted octanol–water partition coefficient (Wildman–Crippen LogP) is 5.56. The van der Waals surface area contributed by atoms with Gasteiger partial charge in [0.15, 0.2) is 0 Å². The van der Waals surface area contributed by atoms with Gasteiger partial charge >= 0.3 is 0 Å². The van der Waals surface area contributed by atoms with Gasteiger partial charge in [-0.25, -0.2) is 0 Å². The number of hydrogen-bond donors (Lipinski definition) is 4. The second-order valence-electron chi connectivity index (χ2n) is 11.2. The molecule has 43 heavy (non-hydrogen) atoms. The van der Waals surface area contributed by atoms with E-state index in [0.717, 1.165) is 54.4 Å². The van der Waals surface area contributed by atoms with Gasteiger partial charge in [-0.3, -0.25) is 14.5 Å². The first-order chi connectivity index (χ1) is 20.7. The van der Waals surface area contributed by atoms with Crippen LogP contribution in [0.5, 0.6) is 0 Å². The standard InChI is InChI=1S/C34H47N5O2S2/c1-5-7-32(38-33(40)19-28-8-6-13-36-20-28)17-25(2)16-30(35)22-42-24-43-23-34(41)37-31-11-14-39(15-12-31)21-29-10-9-26(3)27(4)18-29/h5-10,13,17-18,22,31,36H,1,11-12,14-16,19-21,23-24,35H2,2-4H3,(H,37,41)(H,38,40)/b25-17+,30-22-,32-7+. The molecule has 1 saturated heterocycles. The van der Waals surface area contributed by atoms with E-state index >= 15 is 0 Å². The first-order valence-corrected chi connectivity index (χ1v) is 17.0. The van der Waals surface area contributed by atoms with Gasteiger partial charge < -0.3 is 21.7 Å². The van der Waals surface area contributed by atoms with Gasteiger partial charge in [0, 0.05) is 61.5 Å². The number of aryl methyl sites for hydroxylation is 2. The van der Waals surface area contributed by atoms with Crippen molar-refractivity contribution in [2.24, 2.45) is 5.73 Å². The van der Waals surface area contributed by atoms with E-state index in [9.17, 15) is 9.59 Å². The van der Waals surface area contributed by atoms with Gasteiger partial charge in [-0.15, -0.1) is 23.5 Å². The average molecular weight is 622 g/mol. The molecule has 1 aromatic carbocycles. The Labute approximate surface area is 266 Å². The molecule has 0 radical (unpaired) electrons. The fraction of sp³-hybridized carbons (Fsp3) is 0.412. The summed E-state index contributed by atoms with van der Waals surface area (Å²) in [6.45, 7) is 13.7. The molecule has 9 heteroatoms. The zero-order valence-corrected chi connectivity index (χ0v) is 27.4. The second-order valence-corrected chi connectivity index (χ2v) is 13.4. The van der Waals surface area contributed by atoms with E-state index in [-0.39, 0.29) is 17.9 Å². The van der Waals surface area contributed by atoms with Crippen molar-refractivity contribution in [2.45, 2.75) is 59.0 Å². The van der Waals surface area contributed by atoms with Crippen LogP contribution in [-0.4, -0.2) is 53.2 Å². The second kappa shape index (κ2) is 18.5. The topological polar surface area (TPSA) is 99.5 Å². The highest BCUT2D eigenvalue weighted by atomic mass is 32.2. The van der Waals surface area contributed by atoms with Crippen LogP contribution in [0.2, 0.25) is 0 Å². The fourth-order valence-corrected chi connectivity index (χ4v) is 6.51. The van der Waals surface area contributed by atoms with Crippen LogP contribution in [0.3, 0.4) is 0 Å². The molecule has 0 unspecified atom stereocenters. The number of allylic oxidation sites excluding steroid dienone is 6. The van der Waals surface area contributed by atoms with E-state index in [1.54, 1.807) is 35.7 Å². The predicted molar refractivity (Wildman–Crippen MR) is 184 cm³/mol. The highest BCUT2D eigenvalue weighted by Gasteiger charge is 2.20.